The molecule has 0 spiro atoms. The second-order valence-electron chi connectivity index (χ2n) is 6.07. The number of amides is 1. The summed E-state index contributed by atoms with van der Waals surface area (Å²) in [5.74, 6) is -0.609. The summed E-state index contributed by atoms with van der Waals surface area (Å²) in [7, 11) is 0. The summed E-state index contributed by atoms with van der Waals surface area (Å²) in [4.78, 5) is 30.2. The quantitative estimate of drug-likeness (QED) is 0.776. The first kappa shape index (κ1) is 17.3. The van der Waals surface area contributed by atoms with Crippen molar-refractivity contribution < 1.29 is 9.18 Å². The Morgan fingerprint density at radius 2 is 2.00 bits per heavy atom. The minimum absolute atomic E-state index is 0.00237. The van der Waals surface area contributed by atoms with E-state index in [4.69, 9.17) is 0 Å². The Bertz CT molecular complexity index is 990. The predicted molar refractivity (Wildman–Crippen MR) is 96.6 cm³/mol. The molecule has 1 amide bonds. The second-order valence-corrected chi connectivity index (χ2v) is 7.30. The van der Waals surface area contributed by atoms with E-state index < -0.39 is 0 Å². The fourth-order valence-electron chi connectivity index (χ4n) is 2.60. The molecule has 130 valence electrons. The van der Waals surface area contributed by atoms with Crippen LogP contribution in [0.25, 0.3) is 10.2 Å². The van der Waals surface area contributed by atoms with Gasteiger partial charge in [0.15, 0.2) is 0 Å². The molecule has 2 aromatic heterocycles. The van der Waals surface area contributed by atoms with Crippen molar-refractivity contribution in [2.45, 2.75) is 33.4 Å². The van der Waals surface area contributed by atoms with E-state index in [0.29, 0.717) is 15.8 Å². The topological polar surface area (TPSA) is 64.0 Å². The van der Waals surface area contributed by atoms with Crippen molar-refractivity contribution in [1.82, 2.24) is 14.9 Å². The highest BCUT2D eigenvalue weighted by atomic mass is 32.1. The zero-order valence-electron chi connectivity index (χ0n) is 14.2. The molecule has 0 radical (unpaired) electrons. The molecule has 0 fully saturated rings. The first-order valence-corrected chi connectivity index (χ1v) is 8.73. The largest absolute Gasteiger partial charge is 0.348 e. The predicted octanol–water partition coefficient (Wildman–Crippen LogP) is 3.42. The van der Waals surface area contributed by atoms with Crippen LogP contribution in [0.15, 0.2) is 35.4 Å². The Morgan fingerprint density at radius 3 is 2.64 bits per heavy atom. The molecule has 7 heteroatoms. The zero-order valence-corrected chi connectivity index (χ0v) is 15.0. The first-order chi connectivity index (χ1) is 11.9. The standard InChI is InChI=1S/C18H18FN3O2S/c1-10(2)22-9-21-15-14(11(3)25-16(15)18(22)24)17(23)20-8-12-4-6-13(19)7-5-12/h4-7,9-10H,8H2,1-3H3,(H,20,23). The lowest BCUT2D eigenvalue weighted by Crippen LogP contribution is -2.24. The number of hydrogen-bond donors (Lipinski definition) is 1. The van der Waals surface area contributed by atoms with Crippen LogP contribution in [-0.2, 0) is 6.54 Å². The van der Waals surface area contributed by atoms with Gasteiger partial charge in [-0.3, -0.25) is 14.2 Å². The van der Waals surface area contributed by atoms with Crippen molar-refractivity contribution in [2.75, 3.05) is 0 Å². The Labute approximate surface area is 148 Å². The van der Waals surface area contributed by atoms with Gasteiger partial charge in [-0.1, -0.05) is 12.1 Å². The Morgan fingerprint density at radius 1 is 1.32 bits per heavy atom. The summed E-state index contributed by atoms with van der Waals surface area (Å²) in [6.07, 6.45) is 1.48. The van der Waals surface area contributed by atoms with Gasteiger partial charge < -0.3 is 5.32 Å². The summed E-state index contributed by atoms with van der Waals surface area (Å²) in [5, 5.41) is 2.81. The number of fused-ring (bicyclic) bond motifs is 1. The molecule has 0 aliphatic heterocycles. The molecule has 0 saturated heterocycles. The van der Waals surface area contributed by atoms with E-state index >= 15 is 0 Å². The maximum absolute atomic E-state index is 12.9. The molecule has 2 heterocycles. The summed E-state index contributed by atoms with van der Waals surface area (Å²) in [6.45, 7) is 5.90. The molecule has 25 heavy (non-hydrogen) atoms. The SMILES string of the molecule is Cc1sc2c(=O)n(C(C)C)cnc2c1C(=O)NCc1ccc(F)cc1. The minimum atomic E-state index is -0.319. The van der Waals surface area contributed by atoms with Crippen molar-refractivity contribution in [2.24, 2.45) is 0 Å². The van der Waals surface area contributed by atoms with Crippen LogP contribution in [0, 0.1) is 12.7 Å². The van der Waals surface area contributed by atoms with Gasteiger partial charge in [-0.25, -0.2) is 9.37 Å². The van der Waals surface area contributed by atoms with Gasteiger partial charge in [0.25, 0.3) is 11.5 Å². The molecule has 1 aromatic carbocycles. The van der Waals surface area contributed by atoms with Crippen LogP contribution < -0.4 is 10.9 Å². The number of hydrogen-bond acceptors (Lipinski definition) is 4. The van der Waals surface area contributed by atoms with Crippen molar-refractivity contribution in [3.05, 3.63) is 62.8 Å². The minimum Gasteiger partial charge on any atom is -0.348 e. The van der Waals surface area contributed by atoms with Gasteiger partial charge in [0.1, 0.15) is 16.0 Å². The van der Waals surface area contributed by atoms with Crippen LogP contribution in [0.5, 0.6) is 0 Å². The monoisotopic (exact) mass is 359 g/mol. The van der Waals surface area contributed by atoms with Gasteiger partial charge in [0.2, 0.25) is 0 Å². The fraction of sp³-hybridized carbons (Fsp3) is 0.278. The summed E-state index contributed by atoms with van der Waals surface area (Å²) in [5.41, 5.74) is 1.52. The lowest BCUT2D eigenvalue weighted by molar-refractivity contribution is 0.0952. The van der Waals surface area contributed by atoms with Gasteiger partial charge in [-0.15, -0.1) is 11.3 Å². The van der Waals surface area contributed by atoms with E-state index in [1.807, 2.05) is 13.8 Å². The maximum atomic E-state index is 12.9. The highest BCUT2D eigenvalue weighted by Crippen LogP contribution is 2.27. The van der Waals surface area contributed by atoms with Crippen LogP contribution in [0.4, 0.5) is 4.39 Å². The normalized spacial score (nSPS) is 11.2. The summed E-state index contributed by atoms with van der Waals surface area (Å²) < 4.78 is 15.0. The summed E-state index contributed by atoms with van der Waals surface area (Å²) >= 11 is 1.28. The molecule has 0 aliphatic rings. The van der Waals surface area contributed by atoms with Gasteiger partial charge >= 0.3 is 0 Å². The number of carbonyl (C=O) groups is 1. The van der Waals surface area contributed by atoms with Crippen molar-refractivity contribution in [3.63, 3.8) is 0 Å². The molecule has 0 aliphatic carbocycles. The maximum Gasteiger partial charge on any atom is 0.271 e. The molecule has 0 atom stereocenters. The number of aromatic nitrogens is 2. The number of carbonyl (C=O) groups excluding carboxylic acids is 1. The van der Waals surface area contributed by atoms with Gasteiger partial charge in [0.05, 0.1) is 11.9 Å². The van der Waals surface area contributed by atoms with Crippen molar-refractivity contribution in [1.29, 1.82) is 0 Å². The summed E-state index contributed by atoms with van der Waals surface area (Å²) in [6, 6.07) is 5.94. The smallest absolute Gasteiger partial charge is 0.271 e. The van der Waals surface area contributed by atoms with E-state index in [1.165, 1.54) is 29.8 Å². The number of benzene rings is 1. The number of thiophene rings is 1. The van der Waals surface area contributed by atoms with E-state index in [9.17, 15) is 14.0 Å². The lowest BCUT2D eigenvalue weighted by atomic mass is 10.2. The molecule has 1 N–H and O–H groups in total. The third kappa shape index (κ3) is 3.32. The van der Waals surface area contributed by atoms with E-state index in [2.05, 4.69) is 10.3 Å². The molecule has 0 unspecified atom stereocenters. The van der Waals surface area contributed by atoms with Crippen LogP contribution in [0.3, 0.4) is 0 Å². The average molecular weight is 359 g/mol. The Hall–Kier alpha value is -2.54. The van der Waals surface area contributed by atoms with E-state index in [-0.39, 0.29) is 29.9 Å². The zero-order chi connectivity index (χ0) is 18.1. The third-order valence-corrected chi connectivity index (χ3v) is 5.03. The number of aryl methyl sites for hydroxylation is 1. The van der Waals surface area contributed by atoms with E-state index in [1.54, 1.807) is 23.6 Å². The highest BCUT2D eigenvalue weighted by Gasteiger charge is 2.20. The number of halogens is 1. The van der Waals surface area contributed by atoms with Crippen LogP contribution in [0.1, 0.15) is 40.7 Å². The van der Waals surface area contributed by atoms with Gasteiger partial charge in [-0.2, -0.15) is 0 Å². The molecular formula is C18H18FN3O2S. The van der Waals surface area contributed by atoms with Gasteiger partial charge in [-0.05, 0) is 38.5 Å². The van der Waals surface area contributed by atoms with Crippen LogP contribution in [-0.4, -0.2) is 15.5 Å². The third-order valence-electron chi connectivity index (χ3n) is 3.95. The van der Waals surface area contributed by atoms with Crippen molar-refractivity contribution >= 4 is 27.5 Å². The van der Waals surface area contributed by atoms with Crippen LogP contribution in [0.2, 0.25) is 0 Å². The highest BCUT2D eigenvalue weighted by molar-refractivity contribution is 7.19. The number of rotatable bonds is 4. The average Bonchev–Trinajstić information content (AvgIpc) is 2.91. The Balaban J connectivity index is 1.91. The molecule has 0 bridgehead atoms. The first-order valence-electron chi connectivity index (χ1n) is 7.91. The molecule has 3 rings (SSSR count). The molecule has 5 nitrogen and oxygen atoms in total. The van der Waals surface area contributed by atoms with Crippen LogP contribution >= 0.6 is 11.3 Å². The van der Waals surface area contributed by atoms with Gasteiger partial charge in [0, 0.05) is 17.5 Å². The fourth-order valence-corrected chi connectivity index (χ4v) is 3.64. The second kappa shape index (κ2) is 6.76. The molecular weight excluding hydrogens is 341 g/mol. The Kier molecular flexibility index (Phi) is 4.67. The lowest BCUT2D eigenvalue weighted by Gasteiger charge is -2.09. The van der Waals surface area contributed by atoms with E-state index in [0.717, 1.165) is 10.4 Å². The molecule has 0 saturated carbocycles. The van der Waals surface area contributed by atoms with Crippen molar-refractivity contribution in [3.8, 4) is 0 Å². The number of nitrogens with zero attached hydrogens (tertiary/aromatic N) is 2. The number of nitrogens with one attached hydrogen (secondary N) is 1. The molecule has 3 aromatic rings.